The molecule has 0 bridgehead atoms. The minimum absolute atomic E-state index is 0. The maximum atomic E-state index is 13.4. The van der Waals surface area contributed by atoms with Gasteiger partial charge in [0.15, 0.2) is 0 Å². The molecule has 0 radical (unpaired) electrons. The van der Waals surface area contributed by atoms with Crippen LogP contribution >= 0.6 is 11.6 Å². The maximum absolute atomic E-state index is 13.4. The molecule has 2 aromatic rings. The number of oxazole rings is 1. The Morgan fingerprint density at radius 1 is 1.47 bits per heavy atom. The first-order valence-corrected chi connectivity index (χ1v) is 4.36. The minimum Gasteiger partial charge on any atom is -0.573 e. The third-order valence-corrected chi connectivity index (χ3v) is 2.19. The van der Waals surface area contributed by atoms with E-state index in [1.54, 1.807) is 13.0 Å². The van der Waals surface area contributed by atoms with E-state index in [2.05, 4.69) is 11.4 Å². The van der Waals surface area contributed by atoms with Gasteiger partial charge in [0.1, 0.15) is 12.2 Å². The van der Waals surface area contributed by atoms with E-state index in [0.717, 1.165) is 0 Å². The molecule has 0 amide bonds. The van der Waals surface area contributed by atoms with Crippen molar-refractivity contribution in [1.82, 2.24) is 4.98 Å². The SMILES string of the molecule is Cc1n[c-]oc1-c1c(F)cccc1Cl.[Pr+3]. The average Bonchev–Trinajstić information content (AvgIpc) is 2.52. The van der Waals surface area contributed by atoms with Gasteiger partial charge in [0, 0.05) is 10.6 Å². The number of hydrogen-bond donors (Lipinski definition) is 0. The molecule has 1 aromatic carbocycles. The molecule has 0 aliphatic carbocycles. The Labute approximate surface area is 125 Å². The molecule has 72 valence electrons. The maximum Gasteiger partial charge on any atom is 3.00 e. The fraction of sp³-hybridized carbons (Fsp3) is 0.100. The second-order valence-electron chi connectivity index (χ2n) is 2.82. The Morgan fingerprint density at radius 3 is 2.73 bits per heavy atom. The van der Waals surface area contributed by atoms with Crippen LogP contribution < -0.4 is 0 Å². The van der Waals surface area contributed by atoms with Crippen LogP contribution in [-0.4, -0.2) is 4.98 Å². The Hall–Kier alpha value is 0.0136. The first-order valence-electron chi connectivity index (χ1n) is 3.98. The van der Waals surface area contributed by atoms with Gasteiger partial charge in [-0.15, -0.1) is 0 Å². The van der Waals surface area contributed by atoms with Crippen molar-refractivity contribution >= 4 is 11.6 Å². The summed E-state index contributed by atoms with van der Waals surface area (Å²) in [6, 6.07) is 4.46. The summed E-state index contributed by atoms with van der Waals surface area (Å²) in [7, 11) is 0. The number of aromatic nitrogens is 1. The Kier molecular flexibility index (Phi) is 4.69. The van der Waals surface area contributed by atoms with Crippen LogP contribution in [0.1, 0.15) is 5.69 Å². The normalized spacial score (nSPS) is 9.80. The Morgan fingerprint density at radius 2 is 2.20 bits per heavy atom. The van der Waals surface area contributed by atoms with Crippen molar-refractivity contribution in [3.8, 4) is 11.3 Å². The predicted octanol–water partition coefficient (Wildman–Crippen LogP) is 3.24. The van der Waals surface area contributed by atoms with Crippen molar-refractivity contribution in [3.05, 3.63) is 41.1 Å². The van der Waals surface area contributed by atoms with E-state index in [9.17, 15) is 4.39 Å². The number of nitrogens with zero attached hydrogens (tertiary/aromatic N) is 1. The van der Waals surface area contributed by atoms with Crippen molar-refractivity contribution < 1.29 is 50.1 Å². The number of aryl methyl sites for hydroxylation is 1. The van der Waals surface area contributed by atoms with Crippen molar-refractivity contribution in [2.45, 2.75) is 6.92 Å². The number of rotatable bonds is 1. The fourth-order valence-corrected chi connectivity index (χ4v) is 1.46. The van der Waals surface area contributed by atoms with Gasteiger partial charge in [-0.05, 0) is 17.9 Å². The van der Waals surface area contributed by atoms with Crippen LogP contribution in [0.3, 0.4) is 0 Å². The van der Waals surface area contributed by atoms with Crippen molar-refractivity contribution in [2.75, 3.05) is 0 Å². The molecule has 5 heteroatoms. The van der Waals surface area contributed by atoms with E-state index in [1.165, 1.54) is 12.1 Å². The number of benzene rings is 1. The molecule has 0 N–H and O–H groups in total. The van der Waals surface area contributed by atoms with Gasteiger partial charge in [-0.25, -0.2) is 4.39 Å². The van der Waals surface area contributed by atoms with Gasteiger partial charge in [-0.3, -0.25) is 0 Å². The van der Waals surface area contributed by atoms with Crippen molar-refractivity contribution in [2.24, 2.45) is 0 Å². The summed E-state index contributed by atoms with van der Waals surface area (Å²) in [4.78, 5) is 3.76. The van der Waals surface area contributed by atoms with Crippen LogP contribution in [0.25, 0.3) is 11.3 Å². The van der Waals surface area contributed by atoms with Crippen LogP contribution in [-0.2, 0) is 0 Å². The molecule has 0 fully saturated rings. The van der Waals surface area contributed by atoms with Crippen LogP contribution in [0.4, 0.5) is 4.39 Å². The first-order chi connectivity index (χ1) is 6.70. The smallest absolute Gasteiger partial charge is 0.573 e. The van der Waals surface area contributed by atoms with E-state index >= 15 is 0 Å². The molecule has 2 nitrogen and oxygen atoms in total. The molecular formula is C10H6ClFNOPr+2. The summed E-state index contributed by atoms with van der Waals surface area (Å²) >= 11 is 5.85. The number of hydrogen-bond acceptors (Lipinski definition) is 2. The van der Waals surface area contributed by atoms with Gasteiger partial charge in [-0.2, -0.15) is 0 Å². The van der Waals surface area contributed by atoms with Gasteiger partial charge in [0.05, 0.1) is 0 Å². The van der Waals surface area contributed by atoms with E-state index in [0.29, 0.717) is 16.5 Å². The second-order valence-corrected chi connectivity index (χ2v) is 3.22. The monoisotopic (exact) mass is 351 g/mol. The third kappa shape index (κ3) is 2.58. The third-order valence-electron chi connectivity index (χ3n) is 1.88. The van der Waals surface area contributed by atoms with Crippen LogP contribution in [0.15, 0.2) is 22.6 Å². The topological polar surface area (TPSA) is 26.0 Å². The second kappa shape index (κ2) is 5.37. The largest absolute Gasteiger partial charge is 3.00 e. The Bertz CT molecular complexity index is 452. The molecule has 15 heavy (non-hydrogen) atoms. The molecule has 1 heterocycles. The van der Waals surface area contributed by atoms with Crippen molar-refractivity contribution in [3.63, 3.8) is 0 Å². The zero-order valence-electron chi connectivity index (χ0n) is 7.92. The zero-order chi connectivity index (χ0) is 10.1. The molecule has 0 unspecified atom stereocenters. The molecule has 0 saturated carbocycles. The van der Waals surface area contributed by atoms with E-state index in [1.807, 2.05) is 0 Å². The minimum atomic E-state index is -0.425. The van der Waals surface area contributed by atoms with Gasteiger partial charge in [-0.1, -0.05) is 30.3 Å². The van der Waals surface area contributed by atoms with Crippen LogP contribution in [0, 0.1) is 60.4 Å². The van der Waals surface area contributed by atoms with Crippen LogP contribution in [0.5, 0.6) is 0 Å². The Balaban J connectivity index is 0.00000112. The summed E-state index contributed by atoms with van der Waals surface area (Å²) in [5, 5.41) is 0.304. The molecule has 0 saturated heterocycles. The molecule has 1 aromatic heterocycles. The molecule has 0 aliphatic heterocycles. The van der Waals surface area contributed by atoms with Gasteiger partial charge in [0.2, 0.25) is 0 Å². The van der Waals surface area contributed by atoms with Crippen molar-refractivity contribution in [1.29, 1.82) is 0 Å². The van der Waals surface area contributed by atoms with E-state index < -0.39 is 5.82 Å². The van der Waals surface area contributed by atoms with E-state index in [-0.39, 0.29) is 46.9 Å². The summed E-state index contributed by atoms with van der Waals surface area (Å²) in [6.07, 6.45) is 2.30. The fourth-order valence-electron chi connectivity index (χ4n) is 1.21. The quantitative estimate of drug-likeness (QED) is 0.737. The standard InChI is InChI=1S/C10H6ClFNO.Pr/c1-6-10(14-5-13-6)9-7(11)3-2-4-8(9)12;/h2-4H,1H3;/q-1;+3. The van der Waals surface area contributed by atoms with E-state index in [4.69, 9.17) is 16.0 Å². The van der Waals surface area contributed by atoms with Gasteiger partial charge >= 0.3 is 41.3 Å². The van der Waals surface area contributed by atoms with Gasteiger partial charge < -0.3 is 9.40 Å². The molecular weight excluding hydrogens is 345 g/mol. The molecule has 2 rings (SSSR count). The zero-order valence-corrected chi connectivity index (χ0v) is 12.4. The summed E-state index contributed by atoms with van der Waals surface area (Å²) in [5.41, 5.74) is 0.803. The molecule has 0 atom stereocenters. The predicted molar refractivity (Wildman–Crippen MR) is 50.5 cm³/mol. The molecule has 0 aliphatic rings. The summed E-state index contributed by atoms with van der Waals surface area (Å²) in [5.74, 6) is -0.0983. The number of halogens is 2. The van der Waals surface area contributed by atoms with Crippen LogP contribution in [0.2, 0.25) is 5.02 Å². The summed E-state index contributed by atoms with van der Waals surface area (Å²) < 4.78 is 18.4. The van der Waals surface area contributed by atoms with Gasteiger partial charge in [0.25, 0.3) is 0 Å². The molecule has 0 spiro atoms. The summed E-state index contributed by atoms with van der Waals surface area (Å²) in [6.45, 7) is 1.71. The average molecular weight is 352 g/mol. The first kappa shape index (κ1) is 13.1.